The maximum Gasteiger partial charge on any atom is 0.237 e. The highest BCUT2D eigenvalue weighted by molar-refractivity contribution is 8.00. The number of anilines is 1. The number of nitrogens with one attached hydrogen (secondary N) is 1. The van der Waals surface area contributed by atoms with E-state index in [9.17, 15) is 4.79 Å². The van der Waals surface area contributed by atoms with E-state index in [4.69, 9.17) is 16.3 Å². The summed E-state index contributed by atoms with van der Waals surface area (Å²) in [4.78, 5) is 12.8. The van der Waals surface area contributed by atoms with E-state index in [1.807, 2.05) is 84.3 Å². The van der Waals surface area contributed by atoms with Crippen molar-refractivity contribution in [2.24, 2.45) is 0 Å². The normalized spacial score (nSPS) is 11.7. The summed E-state index contributed by atoms with van der Waals surface area (Å²) < 4.78 is 7.42. The minimum Gasteiger partial charge on any atom is -0.496 e. The molecule has 0 aliphatic carbocycles. The van der Waals surface area contributed by atoms with Crippen LogP contribution in [0.1, 0.15) is 6.92 Å². The minimum absolute atomic E-state index is 0.124. The molecule has 1 amide bonds. The number of amides is 1. The topological polar surface area (TPSA) is 69.0 Å². The summed E-state index contributed by atoms with van der Waals surface area (Å²) in [6.45, 7) is 1.84. The molecule has 0 fully saturated rings. The lowest BCUT2D eigenvalue weighted by atomic mass is 10.2. The second-order valence-corrected chi connectivity index (χ2v) is 8.68. The molecule has 8 heteroatoms. The van der Waals surface area contributed by atoms with Crippen molar-refractivity contribution in [2.75, 3.05) is 12.4 Å². The molecular formula is C24H21ClN4O2S. The van der Waals surface area contributed by atoms with Crippen LogP contribution in [-0.2, 0) is 4.79 Å². The van der Waals surface area contributed by atoms with Gasteiger partial charge in [-0.25, -0.2) is 0 Å². The molecule has 1 atom stereocenters. The molecule has 0 bridgehead atoms. The summed E-state index contributed by atoms with van der Waals surface area (Å²) in [5, 5.41) is 12.5. The number of hydrogen-bond donors (Lipinski definition) is 1. The lowest BCUT2D eigenvalue weighted by Gasteiger charge is -2.15. The summed E-state index contributed by atoms with van der Waals surface area (Å²) in [6, 6.07) is 24.4. The lowest BCUT2D eigenvalue weighted by molar-refractivity contribution is -0.115. The largest absolute Gasteiger partial charge is 0.496 e. The zero-order valence-electron chi connectivity index (χ0n) is 17.5. The van der Waals surface area contributed by atoms with E-state index in [1.54, 1.807) is 13.2 Å². The number of ether oxygens (including phenoxy) is 1. The fourth-order valence-electron chi connectivity index (χ4n) is 3.18. The Balaban J connectivity index is 1.71. The van der Waals surface area contributed by atoms with Crippen molar-refractivity contribution in [3.63, 3.8) is 0 Å². The summed E-state index contributed by atoms with van der Waals surface area (Å²) in [7, 11) is 1.62. The molecule has 1 aromatic heterocycles. The van der Waals surface area contributed by atoms with Crippen molar-refractivity contribution >= 4 is 35.0 Å². The zero-order valence-corrected chi connectivity index (χ0v) is 19.1. The molecule has 1 heterocycles. The van der Waals surface area contributed by atoms with Crippen molar-refractivity contribution in [2.45, 2.75) is 17.3 Å². The van der Waals surface area contributed by atoms with Crippen molar-refractivity contribution in [3.05, 3.63) is 83.9 Å². The molecule has 1 N–H and O–H groups in total. The first-order valence-corrected chi connectivity index (χ1v) is 11.2. The molecule has 4 aromatic rings. The fourth-order valence-corrected chi connectivity index (χ4v) is 4.23. The Hall–Kier alpha value is -3.29. The van der Waals surface area contributed by atoms with E-state index < -0.39 is 5.25 Å². The average molecular weight is 465 g/mol. The van der Waals surface area contributed by atoms with Crippen molar-refractivity contribution < 1.29 is 9.53 Å². The van der Waals surface area contributed by atoms with E-state index in [-0.39, 0.29) is 5.91 Å². The predicted octanol–water partition coefficient (Wildman–Crippen LogP) is 5.72. The number of thioether (sulfide) groups is 1. The van der Waals surface area contributed by atoms with Gasteiger partial charge in [-0.2, -0.15) is 0 Å². The van der Waals surface area contributed by atoms with Gasteiger partial charge in [0.05, 0.1) is 23.6 Å². The van der Waals surface area contributed by atoms with Gasteiger partial charge in [-0.3, -0.25) is 9.36 Å². The van der Waals surface area contributed by atoms with Crippen LogP contribution in [0.4, 0.5) is 5.69 Å². The summed E-state index contributed by atoms with van der Waals surface area (Å²) >= 11 is 7.59. The molecule has 0 unspecified atom stereocenters. The quantitative estimate of drug-likeness (QED) is 0.354. The average Bonchev–Trinajstić information content (AvgIpc) is 3.23. The van der Waals surface area contributed by atoms with Crippen molar-refractivity contribution in [1.29, 1.82) is 0 Å². The molecule has 6 nitrogen and oxygen atoms in total. The van der Waals surface area contributed by atoms with Gasteiger partial charge in [-0.15, -0.1) is 10.2 Å². The van der Waals surface area contributed by atoms with Crippen LogP contribution in [0.15, 0.2) is 84.0 Å². The van der Waals surface area contributed by atoms with Crippen LogP contribution in [0.3, 0.4) is 0 Å². The van der Waals surface area contributed by atoms with Crippen molar-refractivity contribution in [3.8, 4) is 22.8 Å². The molecule has 0 saturated heterocycles. The van der Waals surface area contributed by atoms with Gasteiger partial charge in [-0.1, -0.05) is 59.8 Å². The van der Waals surface area contributed by atoms with E-state index in [1.165, 1.54) is 11.8 Å². The molecule has 4 rings (SSSR count). The van der Waals surface area contributed by atoms with Crippen LogP contribution < -0.4 is 10.1 Å². The van der Waals surface area contributed by atoms with Crippen LogP contribution in [0, 0.1) is 0 Å². The number of carbonyl (C=O) groups excluding carboxylic acids is 1. The maximum atomic E-state index is 12.8. The van der Waals surface area contributed by atoms with E-state index in [0.717, 1.165) is 16.9 Å². The Morgan fingerprint density at radius 1 is 1.03 bits per heavy atom. The molecule has 0 radical (unpaired) electrons. The number of benzene rings is 3. The summed E-state index contributed by atoms with van der Waals surface area (Å²) in [6.07, 6.45) is 0. The molecule has 3 aromatic carbocycles. The van der Waals surface area contributed by atoms with Crippen LogP contribution >= 0.6 is 23.4 Å². The third-order valence-electron chi connectivity index (χ3n) is 4.74. The first kappa shape index (κ1) is 21.9. The SMILES string of the molecule is COc1ccccc1-c1nnc(S[C@@H](C)C(=O)Nc2ccccc2)n1-c1cccc(Cl)c1. The second-order valence-electron chi connectivity index (χ2n) is 6.94. The van der Waals surface area contributed by atoms with Crippen LogP contribution in [0.2, 0.25) is 5.02 Å². The Morgan fingerprint density at radius 3 is 2.53 bits per heavy atom. The number of rotatable bonds is 7. The van der Waals surface area contributed by atoms with Gasteiger partial charge in [0.25, 0.3) is 0 Å². The fraction of sp³-hybridized carbons (Fsp3) is 0.125. The number of methoxy groups -OCH3 is 1. The monoisotopic (exact) mass is 464 g/mol. The van der Waals surface area contributed by atoms with Crippen molar-refractivity contribution in [1.82, 2.24) is 14.8 Å². The van der Waals surface area contributed by atoms with Gasteiger partial charge in [0, 0.05) is 10.7 Å². The smallest absolute Gasteiger partial charge is 0.237 e. The lowest BCUT2D eigenvalue weighted by Crippen LogP contribution is -2.22. The maximum absolute atomic E-state index is 12.8. The van der Waals surface area contributed by atoms with Crippen LogP contribution in [0.5, 0.6) is 5.75 Å². The predicted molar refractivity (Wildman–Crippen MR) is 129 cm³/mol. The van der Waals surface area contributed by atoms with Crippen LogP contribution in [-0.4, -0.2) is 33.0 Å². The molecule has 0 saturated carbocycles. The Bertz CT molecular complexity index is 1230. The molecule has 162 valence electrons. The highest BCUT2D eigenvalue weighted by atomic mass is 35.5. The second kappa shape index (κ2) is 9.89. The molecule has 0 spiro atoms. The summed E-state index contributed by atoms with van der Waals surface area (Å²) in [5.41, 5.74) is 2.33. The standard InChI is InChI=1S/C24H21ClN4O2S/c1-16(23(30)26-18-10-4-3-5-11-18)32-24-28-27-22(20-13-6-7-14-21(20)31-2)29(24)19-12-8-9-17(25)15-19/h3-16H,1-2H3,(H,26,30)/t16-/m0/s1. The summed E-state index contributed by atoms with van der Waals surface area (Å²) in [5.74, 6) is 1.15. The molecule has 0 aliphatic heterocycles. The van der Waals surface area contributed by atoms with Gasteiger partial charge in [0.1, 0.15) is 5.75 Å². The Kier molecular flexibility index (Phi) is 6.78. The van der Waals surface area contributed by atoms with Gasteiger partial charge in [0.2, 0.25) is 5.91 Å². The number of carbonyl (C=O) groups is 1. The zero-order chi connectivity index (χ0) is 22.5. The van der Waals surface area contributed by atoms with E-state index in [0.29, 0.717) is 21.8 Å². The third kappa shape index (κ3) is 4.79. The van der Waals surface area contributed by atoms with E-state index >= 15 is 0 Å². The third-order valence-corrected chi connectivity index (χ3v) is 6.02. The minimum atomic E-state index is -0.414. The Morgan fingerprint density at radius 2 is 1.78 bits per heavy atom. The molecule has 0 aliphatic rings. The first-order valence-electron chi connectivity index (χ1n) is 9.94. The van der Waals surface area contributed by atoms with Gasteiger partial charge in [0.15, 0.2) is 11.0 Å². The van der Waals surface area contributed by atoms with Gasteiger partial charge >= 0.3 is 0 Å². The number of para-hydroxylation sites is 2. The number of halogens is 1. The number of aromatic nitrogens is 3. The van der Waals surface area contributed by atoms with Crippen LogP contribution in [0.25, 0.3) is 17.1 Å². The molecular weight excluding hydrogens is 444 g/mol. The number of hydrogen-bond acceptors (Lipinski definition) is 5. The molecule has 32 heavy (non-hydrogen) atoms. The number of nitrogens with zero attached hydrogens (tertiary/aromatic N) is 3. The highest BCUT2D eigenvalue weighted by Crippen LogP contribution is 2.35. The van der Waals surface area contributed by atoms with E-state index in [2.05, 4.69) is 15.5 Å². The highest BCUT2D eigenvalue weighted by Gasteiger charge is 2.23. The first-order chi connectivity index (χ1) is 15.6. The van der Waals surface area contributed by atoms with Gasteiger partial charge < -0.3 is 10.1 Å². The van der Waals surface area contributed by atoms with Gasteiger partial charge in [-0.05, 0) is 49.4 Å². The Labute approximate surface area is 195 Å².